The van der Waals surface area contributed by atoms with Crippen LogP contribution in [0.5, 0.6) is 6.01 Å². The third-order valence-corrected chi connectivity index (χ3v) is 6.44. The van der Waals surface area contributed by atoms with E-state index in [4.69, 9.17) is 16.3 Å². The van der Waals surface area contributed by atoms with Crippen LogP contribution >= 0.6 is 11.6 Å². The summed E-state index contributed by atoms with van der Waals surface area (Å²) in [6.07, 6.45) is 4.38. The van der Waals surface area contributed by atoms with Gasteiger partial charge < -0.3 is 9.64 Å². The van der Waals surface area contributed by atoms with Crippen LogP contribution in [0.4, 0.5) is 0 Å². The number of benzene rings is 1. The summed E-state index contributed by atoms with van der Waals surface area (Å²) < 4.78 is 35.5. The molecule has 0 aliphatic carbocycles. The van der Waals surface area contributed by atoms with E-state index in [1.807, 2.05) is 6.92 Å². The average molecular weight is 458 g/mol. The molecular weight excluding hydrogens is 426 g/mol. The lowest BCUT2D eigenvalue weighted by molar-refractivity contribution is 0.266. The van der Waals surface area contributed by atoms with Crippen molar-refractivity contribution in [2.45, 2.75) is 57.0 Å². The molecule has 0 bridgehead atoms. The third-order valence-electron chi connectivity index (χ3n) is 4.64. The number of halogens is 1. The average Bonchev–Trinajstić information content (AvgIpc) is 3.10. The highest BCUT2D eigenvalue weighted by atomic mass is 35.5. The van der Waals surface area contributed by atoms with Crippen molar-refractivity contribution in [1.82, 2.24) is 24.4 Å². The van der Waals surface area contributed by atoms with E-state index in [1.54, 1.807) is 23.6 Å². The van der Waals surface area contributed by atoms with Gasteiger partial charge in [-0.3, -0.25) is 4.57 Å². The Morgan fingerprint density at radius 3 is 2.43 bits per heavy atom. The van der Waals surface area contributed by atoms with Gasteiger partial charge in [0.15, 0.2) is 5.82 Å². The van der Waals surface area contributed by atoms with E-state index in [2.05, 4.69) is 33.9 Å². The van der Waals surface area contributed by atoms with Crippen molar-refractivity contribution < 1.29 is 13.2 Å². The minimum Gasteiger partial charge on any atom is -0.464 e. The van der Waals surface area contributed by atoms with Gasteiger partial charge in [-0.05, 0) is 71.6 Å². The molecule has 168 valence electrons. The first kappa shape index (κ1) is 24.6. The Bertz CT molecular complexity index is 884. The van der Waals surface area contributed by atoms with Crippen molar-refractivity contribution >= 4 is 21.6 Å². The Kier molecular flexibility index (Phi) is 9.54. The van der Waals surface area contributed by atoms with Crippen LogP contribution in [0.15, 0.2) is 29.2 Å². The summed E-state index contributed by atoms with van der Waals surface area (Å²) in [6.45, 7) is 5.91. The number of aromatic nitrogens is 3. The second-order valence-electron chi connectivity index (χ2n) is 7.45. The molecule has 1 aromatic carbocycles. The summed E-state index contributed by atoms with van der Waals surface area (Å²) in [7, 11) is 0.446. The standard InChI is InChI=1S/C20H32ClN5O3S/c1-5-26-19(16(2)24-30(27,28)18-12-10-17(21)11-13-18)22-23-20(26)29-15-9-7-6-8-14-25(3)4/h10-13,16,24H,5-9,14-15H2,1-4H3/t16-/m1/s1. The van der Waals surface area contributed by atoms with Gasteiger partial charge in [-0.1, -0.05) is 29.5 Å². The van der Waals surface area contributed by atoms with Gasteiger partial charge in [0.1, 0.15) is 0 Å². The zero-order valence-corrected chi connectivity index (χ0v) is 19.7. The molecule has 1 aromatic heterocycles. The molecular formula is C20H32ClN5O3S. The maximum Gasteiger partial charge on any atom is 0.316 e. The van der Waals surface area contributed by atoms with Crippen LogP contribution in [0.3, 0.4) is 0 Å². The normalized spacial score (nSPS) is 13.0. The predicted octanol–water partition coefficient (Wildman–Crippen LogP) is 3.49. The fourth-order valence-corrected chi connectivity index (χ4v) is 4.37. The molecule has 2 rings (SSSR count). The van der Waals surface area contributed by atoms with E-state index in [0.29, 0.717) is 30.0 Å². The number of hydrogen-bond donors (Lipinski definition) is 1. The van der Waals surface area contributed by atoms with Crippen LogP contribution in [0.2, 0.25) is 5.02 Å². The molecule has 1 heterocycles. The van der Waals surface area contributed by atoms with Crippen molar-refractivity contribution in [3.8, 4) is 6.01 Å². The molecule has 0 aliphatic heterocycles. The topological polar surface area (TPSA) is 89.3 Å². The van der Waals surface area contributed by atoms with Crippen molar-refractivity contribution in [3.63, 3.8) is 0 Å². The lowest BCUT2D eigenvalue weighted by Gasteiger charge is -2.15. The van der Waals surface area contributed by atoms with Crippen molar-refractivity contribution in [3.05, 3.63) is 35.1 Å². The highest BCUT2D eigenvalue weighted by Crippen LogP contribution is 2.21. The largest absolute Gasteiger partial charge is 0.464 e. The predicted molar refractivity (Wildman–Crippen MR) is 118 cm³/mol. The van der Waals surface area contributed by atoms with Gasteiger partial charge in [0.05, 0.1) is 17.5 Å². The van der Waals surface area contributed by atoms with Crippen molar-refractivity contribution in [2.75, 3.05) is 27.2 Å². The lowest BCUT2D eigenvalue weighted by Crippen LogP contribution is -2.29. The smallest absolute Gasteiger partial charge is 0.316 e. The molecule has 30 heavy (non-hydrogen) atoms. The highest BCUT2D eigenvalue weighted by Gasteiger charge is 2.23. The Morgan fingerprint density at radius 1 is 1.13 bits per heavy atom. The lowest BCUT2D eigenvalue weighted by atomic mass is 10.2. The summed E-state index contributed by atoms with van der Waals surface area (Å²) in [6, 6.07) is 5.87. The molecule has 1 N–H and O–H groups in total. The summed E-state index contributed by atoms with van der Waals surface area (Å²) in [5.74, 6) is 0.510. The number of sulfonamides is 1. The minimum absolute atomic E-state index is 0.145. The first-order valence-corrected chi connectivity index (χ1v) is 12.1. The first-order valence-electron chi connectivity index (χ1n) is 10.2. The van der Waals surface area contributed by atoms with Gasteiger partial charge in [0.25, 0.3) is 0 Å². The number of unbranched alkanes of at least 4 members (excludes halogenated alkanes) is 3. The summed E-state index contributed by atoms with van der Waals surface area (Å²) >= 11 is 5.84. The molecule has 1 atom stereocenters. The Labute approximate surface area is 184 Å². The van der Waals surface area contributed by atoms with Crippen molar-refractivity contribution in [2.24, 2.45) is 0 Å². The number of nitrogens with one attached hydrogen (secondary N) is 1. The maximum atomic E-state index is 12.6. The molecule has 0 fully saturated rings. The van der Waals surface area contributed by atoms with E-state index in [0.717, 1.165) is 25.8 Å². The fourth-order valence-electron chi connectivity index (χ4n) is 3.04. The van der Waals surface area contributed by atoms with Crippen LogP contribution in [0.25, 0.3) is 0 Å². The molecule has 0 saturated carbocycles. The van der Waals surface area contributed by atoms with Crippen molar-refractivity contribution in [1.29, 1.82) is 0 Å². The van der Waals surface area contributed by atoms with Gasteiger partial charge in [0, 0.05) is 11.6 Å². The second kappa shape index (κ2) is 11.6. The molecule has 0 saturated heterocycles. The molecule has 0 radical (unpaired) electrons. The molecule has 0 aliphatic rings. The SMILES string of the molecule is CCn1c(OCCCCCCN(C)C)nnc1[C@@H](C)NS(=O)(=O)c1ccc(Cl)cc1. The summed E-state index contributed by atoms with van der Waals surface area (Å²) in [5.41, 5.74) is 0. The fraction of sp³-hybridized carbons (Fsp3) is 0.600. The van der Waals surface area contributed by atoms with Gasteiger partial charge >= 0.3 is 6.01 Å². The zero-order chi connectivity index (χ0) is 22.1. The van der Waals surface area contributed by atoms with E-state index in [-0.39, 0.29) is 4.90 Å². The van der Waals surface area contributed by atoms with Crippen LogP contribution in [0, 0.1) is 0 Å². The monoisotopic (exact) mass is 457 g/mol. The highest BCUT2D eigenvalue weighted by molar-refractivity contribution is 7.89. The van der Waals surface area contributed by atoms with Gasteiger partial charge in [-0.2, -0.15) is 0 Å². The van der Waals surface area contributed by atoms with Crippen LogP contribution in [-0.4, -0.2) is 55.3 Å². The molecule has 8 nitrogen and oxygen atoms in total. The van der Waals surface area contributed by atoms with Gasteiger partial charge in [0.2, 0.25) is 10.0 Å². The third kappa shape index (κ3) is 7.23. The molecule has 0 amide bonds. The van der Waals surface area contributed by atoms with E-state index >= 15 is 0 Å². The summed E-state index contributed by atoms with van der Waals surface area (Å²) in [4.78, 5) is 2.33. The first-order chi connectivity index (χ1) is 14.2. The second-order valence-corrected chi connectivity index (χ2v) is 9.60. The van der Waals surface area contributed by atoms with E-state index < -0.39 is 16.1 Å². The quantitative estimate of drug-likeness (QED) is 0.463. The van der Waals surface area contributed by atoms with Crippen LogP contribution < -0.4 is 9.46 Å². The zero-order valence-electron chi connectivity index (χ0n) is 18.1. The Balaban J connectivity index is 1.93. The number of rotatable bonds is 13. The molecule has 0 spiro atoms. The molecule has 10 heteroatoms. The van der Waals surface area contributed by atoms with Crippen LogP contribution in [0.1, 0.15) is 51.4 Å². The molecule has 0 unspecified atom stereocenters. The minimum atomic E-state index is -3.71. The number of hydrogen-bond acceptors (Lipinski definition) is 6. The van der Waals surface area contributed by atoms with Gasteiger partial charge in [-0.25, -0.2) is 13.1 Å². The maximum absolute atomic E-state index is 12.6. The van der Waals surface area contributed by atoms with Gasteiger partial charge in [-0.15, -0.1) is 5.10 Å². The number of nitrogens with zero attached hydrogens (tertiary/aromatic N) is 4. The molecule has 2 aromatic rings. The van der Waals surface area contributed by atoms with Crippen LogP contribution in [-0.2, 0) is 16.6 Å². The Hall–Kier alpha value is -1.68. The number of ether oxygens (including phenoxy) is 1. The summed E-state index contributed by atoms with van der Waals surface area (Å²) in [5, 5.41) is 8.75. The van der Waals surface area contributed by atoms with E-state index in [1.165, 1.54) is 18.6 Å². The van der Waals surface area contributed by atoms with E-state index in [9.17, 15) is 8.42 Å². The Morgan fingerprint density at radius 2 is 1.80 bits per heavy atom.